The van der Waals surface area contributed by atoms with Crippen molar-refractivity contribution in [3.05, 3.63) is 52.3 Å². The summed E-state index contributed by atoms with van der Waals surface area (Å²) in [5, 5.41) is 15.3. The van der Waals surface area contributed by atoms with Crippen LogP contribution in [0.1, 0.15) is 66.6 Å². The summed E-state index contributed by atoms with van der Waals surface area (Å²) < 4.78 is 41.0. The first kappa shape index (κ1) is 30.5. The SMILES string of the molecule is Cc1c(CN2CCC(Nc3ncnc4sc(CC(F)(F)F)cc34)CC2)ccc2c1cc(C#N)n2CCN1CCC2(CCC2)CC1. The number of fused-ring (bicyclic) bond motifs is 2. The Morgan fingerprint density at radius 1 is 1.00 bits per heavy atom. The second kappa shape index (κ2) is 12.2. The van der Waals surface area contributed by atoms with Crippen molar-refractivity contribution in [2.24, 2.45) is 5.41 Å². The summed E-state index contributed by atoms with van der Waals surface area (Å²) in [6.07, 6.45) is 4.95. The molecule has 1 N–H and O–H groups in total. The minimum atomic E-state index is -4.24. The number of nitrogens with one attached hydrogen (secondary N) is 1. The van der Waals surface area contributed by atoms with Crippen LogP contribution in [0, 0.1) is 23.7 Å². The smallest absolute Gasteiger partial charge is 0.367 e. The third kappa shape index (κ3) is 6.42. The standard InChI is InChI=1S/C34H40F3N7S/c1-23-24(3-4-30-28(23)17-26(20-38)44(30)16-15-42-13-9-33(10-14-42)7-2-8-33)21-43-11-5-25(6-12-43)41-31-29-18-27(19-34(35,36)37)45-32(29)40-22-39-31/h3-4,17-18,22,25H,2,5-16,19,21H2,1H3,(H,39,40,41). The Balaban J connectivity index is 0.967. The van der Waals surface area contributed by atoms with Gasteiger partial charge in [-0.25, -0.2) is 9.97 Å². The number of alkyl halides is 3. The molecule has 1 saturated carbocycles. The lowest BCUT2D eigenvalue weighted by atomic mass is 9.63. The number of hydrogen-bond acceptors (Lipinski definition) is 7. The highest BCUT2D eigenvalue weighted by Crippen LogP contribution is 2.48. The summed E-state index contributed by atoms with van der Waals surface area (Å²) in [5.41, 5.74) is 5.05. The summed E-state index contributed by atoms with van der Waals surface area (Å²) >= 11 is 1.08. The normalized spacial score (nSPS) is 19.7. The highest BCUT2D eigenvalue weighted by Gasteiger charge is 2.39. The molecule has 0 atom stereocenters. The molecular weight excluding hydrogens is 595 g/mol. The van der Waals surface area contributed by atoms with Crippen LogP contribution in [0.25, 0.3) is 21.1 Å². The molecule has 4 aromatic rings. The van der Waals surface area contributed by atoms with Gasteiger partial charge in [-0.3, -0.25) is 4.90 Å². The Hall–Kier alpha value is -3.20. The van der Waals surface area contributed by atoms with Crippen molar-refractivity contribution in [2.75, 3.05) is 38.0 Å². The molecule has 0 amide bonds. The van der Waals surface area contributed by atoms with E-state index in [0.717, 1.165) is 68.1 Å². The molecule has 3 fully saturated rings. The van der Waals surface area contributed by atoms with E-state index in [9.17, 15) is 18.4 Å². The molecule has 2 saturated heterocycles. The molecule has 2 aliphatic heterocycles. The molecule has 0 unspecified atom stereocenters. The molecule has 0 radical (unpaired) electrons. The van der Waals surface area contributed by atoms with Gasteiger partial charge in [0, 0.05) is 54.5 Å². The van der Waals surface area contributed by atoms with E-state index in [4.69, 9.17) is 0 Å². The summed E-state index contributed by atoms with van der Waals surface area (Å²) in [6.45, 7) is 9.02. The molecule has 5 heterocycles. The molecule has 238 valence electrons. The zero-order chi connectivity index (χ0) is 31.2. The van der Waals surface area contributed by atoms with Gasteiger partial charge in [0.25, 0.3) is 0 Å². The third-order valence-electron chi connectivity index (χ3n) is 10.6. The van der Waals surface area contributed by atoms with Crippen LogP contribution in [0.2, 0.25) is 0 Å². The fraction of sp³-hybridized carbons (Fsp3) is 0.559. The second-order valence-corrected chi connectivity index (χ2v) is 14.5. The van der Waals surface area contributed by atoms with Crippen molar-refractivity contribution >= 4 is 38.3 Å². The largest absolute Gasteiger partial charge is 0.393 e. The van der Waals surface area contributed by atoms with Crippen LogP contribution in [0.15, 0.2) is 30.6 Å². The van der Waals surface area contributed by atoms with Crippen LogP contribution in [0.5, 0.6) is 0 Å². The van der Waals surface area contributed by atoms with Gasteiger partial charge in [0.1, 0.15) is 28.7 Å². The molecule has 1 aliphatic carbocycles. The number of nitrogens with zero attached hydrogens (tertiary/aromatic N) is 6. The molecule has 7 rings (SSSR count). The summed E-state index contributed by atoms with van der Waals surface area (Å²) in [4.78, 5) is 14.4. The average Bonchev–Trinajstić information content (AvgIpc) is 3.58. The van der Waals surface area contributed by atoms with Gasteiger partial charge in [-0.2, -0.15) is 18.4 Å². The van der Waals surface area contributed by atoms with Crippen LogP contribution in [0.3, 0.4) is 0 Å². The fourth-order valence-electron chi connectivity index (χ4n) is 7.67. The number of piperidine rings is 2. The second-order valence-electron chi connectivity index (χ2n) is 13.4. The summed E-state index contributed by atoms with van der Waals surface area (Å²) in [6, 6.07) is 10.7. The Bertz CT molecular complexity index is 1710. The van der Waals surface area contributed by atoms with Gasteiger partial charge in [0.2, 0.25) is 0 Å². The third-order valence-corrected chi connectivity index (χ3v) is 11.7. The number of likely N-dealkylation sites (tertiary alicyclic amines) is 2. The van der Waals surface area contributed by atoms with Crippen LogP contribution < -0.4 is 5.32 Å². The Labute approximate surface area is 266 Å². The molecule has 45 heavy (non-hydrogen) atoms. The van der Waals surface area contributed by atoms with E-state index in [2.05, 4.69) is 60.8 Å². The van der Waals surface area contributed by atoms with Crippen molar-refractivity contribution < 1.29 is 13.2 Å². The van der Waals surface area contributed by atoms with E-state index in [1.54, 1.807) is 6.07 Å². The quantitative estimate of drug-likeness (QED) is 0.220. The molecular formula is C34H40F3N7S. The first-order valence-electron chi connectivity index (χ1n) is 16.2. The van der Waals surface area contributed by atoms with Gasteiger partial charge in [-0.15, -0.1) is 11.3 Å². The van der Waals surface area contributed by atoms with Gasteiger partial charge in [-0.1, -0.05) is 12.5 Å². The minimum Gasteiger partial charge on any atom is -0.367 e. The number of benzene rings is 1. The lowest BCUT2D eigenvalue weighted by Crippen LogP contribution is -2.44. The van der Waals surface area contributed by atoms with E-state index in [1.165, 1.54) is 68.0 Å². The van der Waals surface area contributed by atoms with Crippen LogP contribution >= 0.6 is 11.3 Å². The predicted octanol–water partition coefficient (Wildman–Crippen LogP) is 7.27. The highest BCUT2D eigenvalue weighted by atomic mass is 32.1. The predicted molar refractivity (Wildman–Crippen MR) is 172 cm³/mol. The van der Waals surface area contributed by atoms with Crippen LogP contribution in [-0.2, 0) is 19.5 Å². The van der Waals surface area contributed by atoms with Crippen LogP contribution in [0.4, 0.5) is 19.0 Å². The zero-order valence-electron chi connectivity index (χ0n) is 25.8. The first-order valence-corrected chi connectivity index (χ1v) is 17.0. The monoisotopic (exact) mass is 635 g/mol. The van der Waals surface area contributed by atoms with Crippen molar-refractivity contribution in [1.29, 1.82) is 5.26 Å². The maximum Gasteiger partial charge on any atom is 0.393 e. The van der Waals surface area contributed by atoms with Crippen molar-refractivity contribution in [3.8, 4) is 6.07 Å². The van der Waals surface area contributed by atoms with Gasteiger partial charge in [-0.05, 0) is 93.3 Å². The molecule has 1 spiro atoms. The van der Waals surface area contributed by atoms with Gasteiger partial charge < -0.3 is 14.8 Å². The van der Waals surface area contributed by atoms with Crippen LogP contribution in [-0.4, -0.2) is 69.3 Å². The summed E-state index contributed by atoms with van der Waals surface area (Å²) in [5.74, 6) is 0.616. The molecule has 7 nitrogen and oxygen atoms in total. The number of halogens is 3. The van der Waals surface area contributed by atoms with E-state index in [1.807, 2.05) is 0 Å². The lowest BCUT2D eigenvalue weighted by Gasteiger charge is -2.48. The number of rotatable bonds is 8. The maximum atomic E-state index is 12.9. The Morgan fingerprint density at radius 2 is 1.78 bits per heavy atom. The Kier molecular flexibility index (Phi) is 8.25. The number of thiophene rings is 1. The van der Waals surface area contributed by atoms with Crippen molar-refractivity contribution in [1.82, 2.24) is 24.3 Å². The average molecular weight is 636 g/mol. The molecule has 3 aliphatic rings. The molecule has 1 aromatic carbocycles. The Morgan fingerprint density at radius 3 is 2.47 bits per heavy atom. The number of anilines is 1. The van der Waals surface area contributed by atoms with Crippen molar-refractivity contribution in [3.63, 3.8) is 0 Å². The number of aryl methyl sites for hydroxylation is 1. The van der Waals surface area contributed by atoms with E-state index >= 15 is 0 Å². The number of aromatic nitrogens is 3. The molecule has 11 heteroatoms. The molecule has 3 aromatic heterocycles. The first-order chi connectivity index (χ1) is 21.7. The fourth-order valence-corrected chi connectivity index (χ4v) is 8.70. The summed E-state index contributed by atoms with van der Waals surface area (Å²) in [7, 11) is 0. The van der Waals surface area contributed by atoms with Gasteiger partial charge >= 0.3 is 6.18 Å². The number of hydrogen-bond donors (Lipinski definition) is 1. The van der Waals surface area contributed by atoms with Gasteiger partial charge in [0.05, 0.1) is 11.8 Å². The minimum absolute atomic E-state index is 0.195. The zero-order valence-corrected chi connectivity index (χ0v) is 26.6. The highest BCUT2D eigenvalue weighted by molar-refractivity contribution is 7.18. The van der Waals surface area contributed by atoms with E-state index < -0.39 is 12.6 Å². The van der Waals surface area contributed by atoms with Crippen molar-refractivity contribution in [2.45, 2.75) is 83.6 Å². The van der Waals surface area contributed by atoms with Gasteiger partial charge in [0.15, 0.2) is 0 Å². The lowest BCUT2D eigenvalue weighted by molar-refractivity contribution is -0.126. The topological polar surface area (TPSA) is 73.0 Å². The number of nitriles is 1. The van der Waals surface area contributed by atoms with E-state index in [0.29, 0.717) is 21.4 Å². The maximum absolute atomic E-state index is 12.9. The van der Waals surface area contributed by atoms with E-state index in [-0.39, 0.29) is 10.9 Å². The molecule has 0 bridgehead atoms.